The van der Waals surface area contributed by atoms with Gasteiger partial charge in [0.15, 0.2) is 5.82 Å². The van der Waals surface area contributed by atoms with Crippen LogP contribution in [0.1, 0.15) is 23.0 Å². The summed E-state index contributed by atoms with van der Waals surface area (Å²) in [6, 6.07) is 10.3. The second-order valence-corrected chi connectivity index (χ2v) is 5.98. The van der Waals surface area contributed by atoms with Crippen molar-refractivity contribution in [1.82, 2.24) is 14.8 Å². The summed E-state index contributed by atoms with van der Waals surface area (Å²) in [5.41, 5.74) is 2.09. The molecule has 0 unspecified atom stereocenters. The van der Waals surface area contributed by atoms with E-state index >= 15 is 0 Å². The number of halogens is 1. The lowest BCUT2D eigenvalue weighted by Gasteiger charge is -2.09. The molecule has 2 aromatic heterocycles. The Kier molecular flexibility index (Phi) is 4.99. The van der Waals surface area contributed by atoms with Crippen molar-refractivity contribution >= 4 is 34.8 Å². The Morgan fingerprint density at radius 3 is 2.62 bits per heavy atom. The van der Waals surface area contributed by atoms with Crippen LogP contribution in [0.15, 0.2) is 48.8 Å². The van der Waals surface area contributed by atoms with Crippen molar-refractivity contribution < 1.29 is 9.59 Å². The van der Waals surface area contributed by atoms with Crippen molar-refractivity contribution in [3.05, 3.63) is 65.1 Å². The van der Waals surface area contributed by atoms with Crippen molar-refractivity contribution in [3.8, 4) is 5.82 Å². The Morgan fingerprint density at radius 2 is 1.96 bits per heavy atom. The minimum Gasteiger partial charge on any atom is -0.325 e. The van der Waals surface area contributed by atoms with Gasteiger partial charge in [-0.3, -0.25) is 9.59 Å². The van der Waals surface area contributed by atoms with Gasteiger partial charge in [-0.25, -0.2) is 9.67 Å². The Balaban J connectivity index is 1.80. The highest BCUT2D eigenvalue weighted by Crippen LogP contribution is 2.26. The summed E-state index contributed by atoms with van der Waals surface area (Å²) in [7, 11) is 0. The quantitative estimate of drug-likeness (QED) is 0.737. The van der Waals surface area contributed by atoms with Gasteiger partial charge in [0.2, 0.25) is 5.91 Å². The average Bonchev–Trinajstić information content (AvgIpc) is 2.99. The lowest BCUT2D eigenvalue weighted by molar-refractivity contribution is -0.114. The van der Waals surface area contributed by atoms with Crippen molar-refractivity contribution in [1.29, 1.82) is 0 Å². The highest BCUT2D eigenvalue weighted by molar-refractivity contribution is 6.34. The van der Waals surface area contributed by atoms with Crippen LogP contribution in [0, 0.1) is 6.92 Å². The van der Waals surface area contributed by atoms with E-state index < -0.39 is 0 Å². The number of benzene rings is 1. The van der Waals surface area contributed by atoms with Crippen LogP contribution in [0.2, 0.25) is 5.02 Å². The lowest BCUT2D eigenvalue weighted by atomic mass is 10.2. The summed E-state index contributed by atoms with van der Waals surface area (Å²) in [5, 5.41) is 9.95. The standard InChI is InChI=1S/C18H16ClN5O2/c1-11-14(10-21-24(11)17-5-3-4-8-20-17)18(26)23-13-6-7-16(15(19)9-13)22-12(2)25/h3-10H,1-2H3,(H,22,25)(H,23,26). The summed E-state index contributed by atoms with van der Waals surface area (Å²) in [6.45, 7) is 3.19. The number of hydrogen-bond donors (Lipinski definition) is 2. The Morgan fingerprint density at radius 1 is 1.15 bits per heavy atom. The number of aromatic nitrogens is 3. The number of nitrogens with zero attached hydrogens (tertiary/aromatic N) is 3. The number of carbonyl (C=O) groups excluding carboxylic acids is 2. The number of anilines is 2. The minimum absolute atomic E-state index is 0.221. The van der Waals surface area contributed by atoms with Crippen LogP contribution in [0.5, 0.6) is 0 Å². The Labute approximate surface area is 155 Å². The van der Waals surface area contributed by atoms with E-state index in [2.05, 4.69) is 20.7 Å². The van der Waals surface area contributed by atoms with E-state index in [1.54, 1.807) is 36.0 Å². The first-order chi connectivity index (χ1) is 12.5. The SMILES string of the molecule is CC(=O)Nc1ccc(NC(=O)c2cnn(-c3ccccn3)c2C)cc1Cl. The van der Waals surface area contributed by atoms with Crippen LogP contribution < -0.4 is 10.6 Å². The molecule has 7 nitrogen and oxygen atoms in total. The smallest absolute Gasteiger partial charge is 0.259 e. The van der Waals surface area contributed by atoms with E-state index in [1.165, 1.54) is 13.1 Å². The normalized spacial score (nSPS) is 10.4. The number of hydrogen-bond acceptors (Lipinski definition) is 4. The fourth-order valence-electron chi connectivity index (χ4n) is 2.42. The molecule has 0 radical (unpaired) electrons. The molecule has 0 spiro atoms. The molecule has 2 amide bonds. The monoisotopic (exact) mass is 369 g/mol. The topological polar surface area (TPSA) is 88.9 Å². The van der Waals surface area contributed by atoms with Gasteiger partial charge in [0, 0.05) is 18.8 Å². The molecule has 2 N–H and O–H groups in total. The molecule has 0 aliphatic rings. The summed E-state index contributed by atoms with van der Waals surface area (Å²) in [5.74, 6) is 0.0982. The Hall–Kier alpha value is -3.19. The highest BCUT2D eigenvalue weighted by atomic mass is 35.5. The summed E-state index contributed by atoms with van der Waals surface area (Å²) in [6.07, 6.45) is 3.15. The zero-order valence-electron chi connectivity index (χ0n) is 14.2. The van der Waals surface area contributed by atoms with Gasteiger partial charge in [0.25, 0.3) is 5.91 Å². The summed E-state index contributed by atoms with van der Waals surface area (Å²) >= 11 is 6.13. The van der Waals surface area contributed by atoms with Crippen LogP contribution >= 0.6 is 11.6 Å². The number of pyridine rings is 1. The van der Waals surface area contributed by atoms with Gasteiger partial charge in [0.05, 0.1) is 28.2 Å². The second kappa shape index (κ2) is 7.37. The first-order valence-corrected chi connectivity index (χ1v) is 8.18. The predicted molar refractivity (Wildman–Crippen MR) is 99.8 cm³/mol. The lowest BCUT2D eigenvalue weighted by Crippen LogP contribution is -2.13. The zero-order chi connectivity index (χ0) is 18.7. The molecule has 26 heavy (non-hydrogen) atoms. The highest BCUT2D eigenvalue weighted by Gasteiger charge is 2.16. The molecule has 0 aliphatic heterocycles. The molecule has 0 atom stereocenters. The van der Waals surface area contributed by atoms with Gasteiger partial charge >= 0.3 is 0 Å². The van der Waals surface area contributed by atoms with E-state index in [0.717, 1.165) is 0 Å². The number of nitrogens with one attached hydrogen (secondary N) is 2. The largest absolute Gasteiger partial charge is 0.325 e. The van der Waals surface area contributed by atoms with Crippen LogP contribution in [0.4, 0.5) is 11.4 Å². The van der Waals surface area contributed by atoms with Gasteiger partial charge in [-0.15, -0.1) is 0 Å². The first-order valence-electron chi connectivity index (χ1n) is 7.80. The van der Waals surface area contributed by atoms with E-state index in [4.69, 9.17) is 11.6 Å². The number of amides is 2. The van der Waals surface area contributed by atoms with Crippen molar-refractivity contribution in [2.24, 2.45) is 0 Å². The summed E-state index contributed by atoms with van der Waals surface area (Å²) < 4.78 is 1.60. The van der Waals surface area contributed by atoms with Crippen molar-refractivity contribution in [2.75, 3.05) is 10.6 Å². The maximum atomic E-state index is 12.6. The molecule has 1 aromatic carbocycles. The van der Waals surface area contributed by atoms with Gasteiger partial charge < -0.3 is 10.6 Å². The number of rotatable bonds is 4. The van der Waals surface area contributed by atoms with E-state index in [9.17, 15) is 9.59 Å². The molecule has 8 heteroatoms. The van der Waals surface area contributed by atoms with Crippen LogP contribution in [-0.4, -0.2) is 26.6 Å². The van der Waals surface area contributed by atoms with E-state index in [0.29, 0.717) is 33.5 Å². The molecular weight excluding hydrogens is 354 g/mol. The van der Waals surface area contributed by atoms with Gasteiger partial charge in [0.1, 0.15) is 0 Å². The minimum atomic E-state index is -0.312. The molecule has 132 valence electrons. The maximum absolute atomic E-state index is 12.6. The van der Waals surface area contributed by atoms with Crippen molar-refractivity contribution in [2.45, 2.75) is 13.8 Å². The number of carbonyl (C=O) groups is 2. The third kappa shape index (κ3) is 3.73. The van der Waals surface area contributed by atoms with E-state index in [1.807, 2.05) is 18.2 Å². The average molecular weight is 370 g/mol. The zero-order valence-corrected chi connectivity index (χ0v) is 14.9. The second-order valence-electron chi connectivity index (χ2n) is 5.57. The van der Waals surface area contributed by atoms with Crippen molar-refractivity contribution in [3.63, 3.8) is 0 Å². The fourth-order valence-corrected chi connectivity index (χ4v) is 2.65. The van der Waals surface area contributed by atoms with Crippen LogP contribution in [0.25, 0.3) is 5.82 Å². The van der Waals surface area contributed by atoms with Crippen LogP contribution in [-0.2, 0) is 4.79 Å². The Bertz CT molecular complexity index is 969. The molecule has 3 rings (SSSR count). The fraction of sp³-hybridized carbons (Fsp3) is 0.111. The predicted octanol–water partition coefficient (Wildman–Crippen LogP) is 3.44. The molecular formula is C18H16ClN5O2. The third-order valence-corrected chi connectivity index (χ3v) is 3.97. The molecule has 3 aromatic rings. The third-order valence-electron chi connectivity index (χ3n) is 3.66. The van der Waals surface area contributed by atoms with Gasteiger partial charge in [-0.1, -0.05) is 17.7 Å². The molecule has 0 bridgehead atoms. The molecule has 0 saturated carbocycles. The van der Waals surface area contributed by atoms with E-state index in [-0.39, 0.29) is 11.8 Å². The van der Waals surface area contributed by atoms with Gasteiger partial charge in [-0.05, 0) is 37.3 Å². The maximum Gasteiger partial charge on any atom is 0.259 e. The molecule has 0 fully saturated rings. The van der Waals surface area contributed by atoms with Gasteiger partial charge in [-0.2, -0.15) is 5.10 Å². The van der Waals surface area contributed by atoms with Crippen LogP contribution in [0.3, 0.4) is 0 Å². The molecule has 0 saturated heterocycles. The first kappa shape index (κ1) is 17.6. The molecule has 0 aliphatic carbocycles. The summed E-state index contributed by atoms with van der Waals surface area (Å²) in [4.78, 5) is 27.9. The molecule has 2 heterocycles.